The second kappa shape index (κ2) is 23.6. The van der Waals surface area contributed by atoms with E-state index in [0.717, 1.165) is 5.56 Å². The number of aromatic nitrogens is 3. The molecule has 1 aliphatic heterocycles. The van der Waals surface area contributed by atoms with Crippen molar-refractivity contribution < 1.29 is 38.6 Å². The van der Waals surface area contributed by atoms with Gasteiger partial charge < -0.3 is 41.0 Å². The van der Waals surface area contributed by atoms with Gasteiger partial charge in [0.15, 0.2) is 0 Å². The highest BCUT2D eigenvalue weighted by molar-refractivity contribution is 5.94. The molecule has 0 radical (unpaired) electrons. The summed E-state index contributed by atoms with van der Waals surface area (Å²) in [7, 11) is 1.48. The van der Waals surface area contributed by atoms with Crippen LogP contribution in [0.3, 0.4) is 0 Å². The maximum absolute atomic E-state index is 14.6. The third kappa shape index (κ3) is 15.5. The first-order valence-electron chi connectivity index (χ1n) is 21.9. The molecule has 0 spiro atoms. The van der Waals surface area contributed by atoms with Gasteiger partial charge in [0.25, 0.3) is 0 Å². The molecule has 0 saturated carbocycles. The Morgan fingerprint density at radius 1 is 0.968 bits per heavy atom. The molecule has 7 atom stereocenters. The van der Waals surface area contributed by atoms with Gasteiger partial charge in [0.2, 0.25) is 29.5 Å². The molecule has 6 N–H and O–H groups in total. The standard InChI is InChI=1S/C46H67N9O8/c1-9-30(4)40(43(60)49-27-32-18-13-14-20-48-32)53-39(57)25-38(56)34(22-29(2)3)51-42(59)37(24-33-26-47-28-50-33)54(8)44(61)35(23-31-16-11-10-12-17-31)52-41(58)36-19-15-21-55(36)45(62)63-46(5,6)7/h10-14,16-18,20,26,28-30,34-38,40,56H,9,15,19,21-25,27H2,1-8H3,(H,47,50)(H,49,60)(H,51,59)(H,52,58)(H,53,57). The van der Waals surface area contributed by atoms with Crippen molar-refractivity contribution in [2.24, 2.45) is 11.8 Å². The minimum absolute atomic E-state index is 0.00427. The Balaban J connectivity index is 1.54. The summed E-state index contributed by atoms with van der Waals surface area (Å²) in [5.74, 6) is -2.89. The van der Waals surface area contributed by atoms with Crippen molar-refractivity contribution in [2.45, 2.75) is 142 Å². The van der Waals surface area contributed by atoms with Gasteiger partial charge in [0, 0.05) is 44.5 Å². The Bertz CT molecular complexity index is 1940. The number of nitrogens with zero attached hydrogens (tertiary/aromatic N) is 4. The molecule has 4 rings (SSSR count). The Kier molecular flexibility index (Phi) is 18.6. The molecule has 1 aliphatic rings. The summed E-state index contributed by atoms with van der Waals surface area (Å²) >= 11 is 0. The van der Waals surface area contributed by atoms with Crippen LogP contribution in [0.25, 0.3) is 0 Å². The summed E-state index contributed by atoms with van der Waals surface area (Å²) < 4.78 is 5.57. The van der Waals surface area contributed by atoms with Gasteiger partial charge in [-0.3, -0.25) is 33.9 Å². The molecular formula is C46H67N9O8. The number of ether oxygens (including phenoxy) is 1. The zero-order valence-electron chi connectivity index (χ0n) is 37.9. The van der Waals surface area contributed by atoms with Crippen molar-refractivity contribution in [3.05, 3.63) is 84.2 Å². The molecule has 1 aromatic carbocycles. The van der Waals surface area contributed by atoms with Crippen LogP contribution in [0, 0.1) is 11.8 Å². The molecule has 344 valence electrons. The number of benzene rings is 1. The highest BCUT2D eigenvalue weighted by Gasteiger charge is 2.40. The van der Waals surface area contributed by atoms with Gasteiger partial charge in [-0.1, -0.05) is 70.5 Å². The van der Waals surface area contributed by atoms with E-state index >= 15 is 0 Å². The van der Waals surface area contributed by atoms with Crippen molar-refractivity contribution in [1.29, 1.82) is 0 Å². The second-order valence-corrected chi connectivity index (χ2v) is 17.8. The lowest BCUT2D eigenvalue weighted by Crippen LogP contribution is -2.59. The number of aliphatic hydroxyl groups is 1. The van der Waals surface area contributed by atoms with E-state index in [9.17, 15) is 33.9 Å². The van der Waals surface area contributed by atoms with Crippen LogP contribution in [0.5, 0.6) is 0 Å². The summed E-state index contributed by atoms with van der Waals surface area (Å²) in [6.45, 7) is 13.3. The number of rotatable bonds is 21. The number of carbonyl (C=O) groups is 6. The fraction of sp³-hybridized carbons (Fsp3) is 0.565. The fourth-order valence-corrected chi connectivity index (χ4v) is 7.46. The molecule has 1 fully saturated rings. The molecule has 7 unspecified atom stereocenters. The molecular weight excluding hydrogens is 807 g/mol. The summed E-state index contributed by atoms with van der Waals surface area (Å²) in [6.07, 6.45) is 4.18. The maximum atomic E-state index is 14.6. The molecule has 63 heavy (non-hydrogen) atoms. The van der Waals surface area contributed by atoms with E-state index in [-0.39, 0.29) is 43.6 Å². The normalized spacial score (nSPS) is 16.8. The van der Waals surface area contributed by atoms with Gasteiger partial charge in [0.05, 0.1) is 37.1 Å². The van der Waals surface area contributed by atoms with E-state index in [1.54, 1.807) is 39.1 Å². The molecule has 2 aromatic heterocycles. The van der Waals surface area contributed by atoms with E-state index in [0.29, 0.717) is 37.2 Å². The second-order valence-electron chi connectivity index (χ2n) is 17.8. The first-order chi connectivity index (χ1) is 29.9. The highest BCUT2D eigenvalue weighted by Crippen LogP contribution is 2.22. The fourth-order valence-electron chi connectivity index (χ4n) is 7.46. The predicted molar refractivity (Wildman–Crippen MR) is 236 cm³/mol. The molecule has 3 aromatic rings. The van der Waals surface area contributed by atoms with Crippen LogP contribution in [0.4, 0.5) is 4.79 Å². The van der Waals surface area contributed by atoms with E-state index in [4.69, 9.17) is 4.74 Å². The first kappa shape index (κ1) is 49.8. The molecule has 0 aliphatic carbocycles. The Morgan fingerprint density at radius 2 is 1.68 bits per heavy atom. The van der Waals surface area contributed by atoms with Crippen LogP contribution in [-0.4, -0.2) is 121 Å². The molecule has 1 saturated heterocycles. The number of hydrogen-bond donors (Lipinski definition) is 6. The van der Waals surface area contributed by atoms with Crippen molar-refractivity contribution in [1.82, 2.24) is 46.0 Å². The van der Waals surface area contributed by atoms with Crippen LogP contribution < -0.4 is 21.3 Å². The summed E-state index contributed by atoms with van der Waals surface area (Å²) in [6, 6.07) is 9.55. The highest BCUT2D eigenvalue weighted by atomic mass is 16.6. The van der Waals surface area contributed by atoms with Crippen LogP contribution in [0.15, 0.2) is 67.3 Å². The lowest BCUT2D eigenvalue weighted by molar-refractivity contribution is -0.143. The number of amides is 6. The smallest absolute Gasteiger partial charge is 0.410 e. The number of carbonyl (C=O) groups excluding carboxylic acids is 6. The third-order valence-electron chi connectivity index (χ3n) is 11.1. The van der Waals surface area contributed by atoms with Crippen molar-refractivity contribution in [3.63, 3.8) is 0 Å². The van der Waals surface area contributed by atoms with Gasteiger partial charge in [-0.25, -0.2) is 9.78 Å². The number of likely N-dealkylation sites (tertiary alicyclic amines) is 1. The van der Waals surface area contributed by atoms with Gasteiger partial charge in [0.1, 0.15) is 29.8 Å². The number of pyridine rings is 1. The van der Waals surface area contributed by atoms with E-state index in [1.807, 2.05) is 64.1 Å². The average molecular weight is 874 g/mol. The number of likely N-dealkylation sites (N-methyl/N-ethyl adjacent to an activating group) is 1. The quantitative estimate of drug-likeness (QED) is 0.0914. The lowest BCUT2D eigenvalue weighted by atomic mass is 9.95. The number of imidazole rings is 1. The zero-order valence-corrected chi connectivity index (χ0v) is 37.9. The summed E-state index contributed by atoms with van der Waals surface area (Å²) in [5, 5.41) is 23.0. The van der Waals surface area contributed by atoms with Crippen LogP contribution in [0.1, 0.15) is 97.5 Å². The van der Waals surface area contributed by atoms with E-state index in [2.05, 4.69) is 36.2 Å². The lowest BCUT2D eigenvalue weighted by Gasteiger charge is -2.34. The molecule has 6 amide bonds. The number of hydrogen-bond acceptors (Lipinski definition) is 10. The van der Waals surface area contributed by atoms with E-state index < -0.39 is 78.1 Å². The topological polar surface area (TPSA) is 228 Å². The Morgan fingerprint density at radius 3 is 2.30 bits per heavy atom. The molecule has 17 heteroatoms. The largest absolute Gasteiger partial charge is 0.444 e. The number of aromatic amines is 1. The van der Waals surface area contributed by atoms with Gasteiger partial charge in [-0.15, -0.1) is 0 Å². The Hall–Kier alpha value is -5.84. The van der Waals surface area contributed by atoms with Crippen LogP contribution >= 0.6 is 0 Å². The maximum Gasteiger partial charge on any atom is 0.410 e. The van der Waals surface area contributed by atoms with Crippen molar-refractivity contribution in [2.75, 3.05) is 13.6 Å². The number of H-pyrrole nitrogens is 1. The molecule has 17 nitrogen and oxygen atoms in total. The summed E-state index contributed by atoms with van der Waals surface area (Å²) in [4.78, 5) is 96.9. The van der Waals surface area contributed by atoms with Gasteiger partial charge in [-0.2, -0.15) is 0 Å². The van der Waals surface area contributed by atoms with Crippen molar-refractivity contribution in [3.8, 4) is 0 Å². The third-order valence-corrected chi connectivity index (χ3v) is 11.1. The monoisotopic (exact) mass is 874 g/mol. The first-order valence-corrected chi connectivity index (χ1v) is 21.9. The van der Waals surface area contributed by atoms with Gasteiger partial charge >= 0.3 is 6.09 Å². The zero-order chi connectivity index (χ0) is 46.3. The van der Waals surface area contributed by atoms with Crippen LogP contribution in [0.2, 0.25) is 0 Å². The minimum Gasteiger partial charge on any atom is -0.444 e. The van der Waals surface area contributed by atoms with Crippen molar-refractivity contribution >= 4 is 35.6 Å². The van der Waals surface area contributed by atoms with Crippen LogP contribution in [-0.2, 0) is 48.1 Å². The summed E-state index contributed by atoms with van der Waals surface area (Å²) in [5.41, 5.74) is 1.20. The number of nitrogens with one attached hydrogen (secondary N) is 5. The van der Waals surface area contributed by atoms with E-state index in [1.165, 1.54) is 29.4 Å². The minimum atomic E-state index is -1.36. The predicted octanol–water partition coefficient (Wildman–Crippen LogP) is 3.43. The number of aliphatic hydroxyl groups excluding tert-OH is 1. The SMILES string of the molecule is CCC(C)C(NC(=O)CC(O)C(CC(C)C)NC(=O)C(Cc1cnc[nH]1)N(C)C(=O)C(Cc1ccccc1)NC(=O)C1CCCN1C(=O)OC(C)(C)C)C(=O)NCc1ccccn1. The average Bonchev–Trinajstić information content (AvgIpc) is 3.96. The van der Waals surface area contributed by atoms with Gasteiger partial charge in [-0.05, 0) is 69.6 Å². The Labute approximate surface area is 370 Å². The molecule has 0 bridgehead atoms. The molecule has 3 heterocycles.